The molecule has 2 amide bonds. The van der Waals surface area contributed by atoms with Gasteiger partial charge in [-0.25, -0.2) is 10.8 Å². The van der Waals surface area contributed by atoms with E-state index in [0.29, 0.717) is 6.61 Å². The first-order chi connectivity index (χ1) is 8.49. The van der Waals surface area contributed by atoms with Gasteiger partial charge in [0.15, 0.2) is 0 Å². The van der Waals surface area contributed by atoms with E-state index in [1.54, 1.807) is 7.11 Å². The Balaban J connectivity index is 2.67. The molecule has 0 radical (unpaired) electrons. The fraction of sp³-hybridized carbons (Fsp3) is 0.700. The van der Waals surface area contributed by atoms with E-state index < -0.39 is 6.04 Å². The summed E-state index contributed by atoms with van der Waals surface area (Å²) in [4.78, 5) is 28.2. The Morgan fingerprint density at radius 3 is 2.78 bits per heavy atom. The molecule has 0 spiro atoms. The summed E-state index contributed by atoms with van der Waals surface area (Å²) in [6.07, 6.45) is 0.0703. The van der Waals surface area contributed by atoms with Crippen molar-refractivity contribution in [2.45, 2.75) is 25.4 Å². The third kappa shape index (κ3) is 3.41. The second kappa shape index (κ2) is 6.31. The number of nitrogens with one attached hydrogen (secondary N) is 2. The molecule has 1 heterocycles. The normalized spacial score (nSPS) is 22.3. The predicted molar refractivity (Wildman–Crippen MR) is 65.4 cm³/mol. The van der Waals surface area contributed by atoms with Crippen LogP contribution in [0.15, 0.2) is 4.99 Å². The van der Waals surface area contributed by atoms with E-state index in [1.807, 2.05) is 6.92 Å². The Labute approximate surface area is 106 Å². The number of methoxy groups -OCH3 is 1. The van der Waals surface area contributed by atoms with Crippen LogP contribution in [0.5, 0.6) is 0 Å². The molecule has 0 aromatic rings. The summed E-state index contributed by atoms with van der Waals surface area (Å²) >= 11 is 0. The van der Waals surface area contributed by atoms with Crippen molar-refractivity contribution in [2.75, 3.05) is 20.8 Å². The van der Waals surface area contributed by atoms with Crippen molar-refractivity contribution in [2.24, 2.45) is 10.8 Å². The summed E-state index contributed by atoms with van der Waals surface area (Å²) < 4.78 is 4.96. The maximum Gasteiger partial charge on any atom is 0.254 e. The van der Waals surface area contributed by atoms with Gasteiger partial charge in [-0.1, -0.05) is 0 Å². The van der Waals surface area contributed by atoms with Gasteiger partial charge < -0.3 is 10.1 Å². The van der Waals surface area contributed by atoms with Gasteiger partial charge in [0.05, 0.1) is 13.0 Å². The molecule has 1 aliphatic heterocycles. The molecule has 8 heteroatoms. The van der Waals surface area contributed by atoms with E-state index in [4.69, 9.17) is 10.6 Å². The van der Waals surface area contributed by atoms with Gasteiger partial charge in [0.25, 0.3) is 5.91 Å². The average Bonchev–Trinajstić information content (AvgIpc) is 2.56. The maximum atomic E-state index is 11.7. The molecule has 0 aliphatic carbocycles. The van der Waals surface area contributed by atoms with Crippen molar-refractivity contribution in [1.82, 2.24) is 15.6 Å². The number of hydrogen-bond donors (Lipinski definition) is 3. The van der Waals surface area contributed by atoms with Gasteiger partial charge in [0, 0.05) is 20.2 Å². The summed E-state index contributed by atoms with van der Waals surface area (Å²) in [6, 6.07) is -0.731. The van der Waals surface area contributed by atoms with Crippen LogP contribution in [-0.2, 0) is 14.3 Å². The minimum absolute atomic E-state index is 0.0188. The molecule has 4 N–H and O–H groups in total. The molecule has 0 aromatic carbocycles. The first kappa shape index (κ1) is 14.4. The lowest BCUT2D eigenvalue weighted by Crippen LogP contribution is -2.47. The SMILES string of the molecule is COCC(C)NC(=NC1CC(=O)N(C)C1=O)NN. The zero-order valence-corrected chi connectivity index (χ0v) is 10.8. The molecule has 8 nitrogen and oxygen atoms in total. The lowest BCUT2D eigenvalue weighted by molar-refractivity contribution is -0.136. The molecule has 1 saturated heterocycles. The average molecular weight is 257 g/mol. The van der Waals surface area contributed by atoms with Crippen LogP contribution < -0.4 is 16.6 Å². The number of likely N-dealkylation sites (tertiary alicyclic amines) is 1. The topological polar surface area (TPSA) is 109 Å². The summed E-state index contributed by atoms with van der Waals surface area (Å²) in [5.74, 6) is 5.02. The van der Waals surface area contributed by atoms with E-state index in [9.17, 15) is 9.59 Å². The highest BCUT2D eigenvalue weighted by atomic mass is 16.5. The monoisotopic (exact) mass is 257 g/mol. The second-order valence-corrected chi connectivity index (χ2v) is 4.13. The highest BCUT2D eigenvalue weighted by Gasteiger charge is 2.36. The van der Waals surface area contributed by atoms with Crippen LogP contribution in [0.25, 0.3) is 0 Å². The minimum atomic E-state index is -0.712. The Bertz CT molecular complexity index is 357. The van der Waals surface area contributed by atoms with Crippen LogP contribution in [0.3, 0.4) is 0 Å². The number of carbonyl (C=O) groups is 2. The van der Waals surface area contributed by atoms with Gasteiger partial charge >= 0.3 is 0 Å². The lowest BCUT2D eigenvalue weighted by Gasteiger charge is -2.16. The van der Waals surface area contributed by atoms with Crippen molar-refractivity contribution in [1.29, 1.82) is 0 Å². The van der Waals surface area contributed by atoms with Crippen LogP contribution in [0.2, 0.25) is 0 Å². The number of nitrogens with zero attached hydrogens (tertiary/aromatic N) is 2. The van der Waals surface area contributed by atoms with E-state index in [2.05, 4.69) is 15.7 Å². The number of guanidine groups is 1. The van der Waals surface area contributed by atoms with Gasteiger partial charge in [0.2, 0.25) is 11.9 Å². The highest BCUT2D eigenvalue weighted by Crippen LogP contribution is 2.13. The number of hydrazine groups is 1. The van der Waals surface area contributed by atoms with Crippen molar-refractivity contribution in [3.8, 4) is 0 Å². The number of rotatable bonds is 4. The van der Waals surface area contributed by atoms with Gasteiger partial charge in [0.1, 0.15) is 6.04 Å². The number of imide groups is 1. The first-order valence-electron chi connectivity index (χ1n) is 5.59. The van der Waals surface area contributed by atoms with Crippen molar-refractivity contribution < 1.29 is 14.3 Å². The largest absolute Gasteiger partial charge is 0.383 e. The molecule has 2 unspecified atom stereocenters. The number of aliphatic imine (C=N–C) groups is 1. The van der Waals surface area contributed by atoms with E-state index >= 15 is 0 Å². The zero-order valence-electron chi connectivity index (χ0n) is 10.8. The quantitative estimate of drug-likeness (QED) is 0.180. The van der Waals surface area contributed by atoms with Crippen molar-refractivity contribution >= 4 is 17.8 Å². The summed E-state index contributed by atoms with van der Waals surface area (Å²) in [5, 5.41) is 2.95. The van der Waals surface area contributed by atoms with Crippen LogP contribution in [0.4, 0.5) is 0 Å². The van der Waals surface area contributed by atoms with Crippen LogP contribution in [-0.4, -0.2) is 55.5 Å². The molecule has 0 aromatic heterocycles. The molecule has 1 aliphatic rings. The molecular formula is C10H19N5O3. The van der Waals surface area contributed by atoms with Crippen LogP contribution in [0.1, 0.15) is 13.3 Å². The van der Waals surface area contributed by atoms with Gasteiger partial charge in [-0.3, -0.25) is 19.9 Å². The fourth-order valence-electron chi connectivity index (χ4n) is 1.63. The van der Waals surface area contributed by atoms with Crippen LogP contribution >= 0.6 is 0 Å². The standard InChI is InChI=1S/C10H19N5O3/c1-6(5-18-3)12-10(14-11)13-7-4-8(16)15(2)9(7)17/h6-7H,4-5,11H2,1-3H3,(H2,12,13,14). The summed E-state index contributed by atoms with van der Waals surface area (Å²) in [5.41, 5.74) is 2.37. The number of amides is 2. The maximum absolute atomic E-state index is 11.7. The second-order valence-electron chi connectivity index (χ2n) is 4.13. The van der Waals surface area contributed by atoms with Gasteiger partial charge in [-0.15, -0.1) is 0 Å². The number of ether oxygens (including phenoxy) is 1. The molecule has 18 heavy (non-hydrogen) atoms. The Hall–Kier alpha value is -1.67. The number of likely N-dealkylation sites (N-methyl/N-ethyl adjacent to an activating group) is 1. The minimum Gasteiger partial charge on any atom is -0.383 e. The third-order valence-electron chi connectivity index (χ3n) is 2.58. The molecule has 0 bridgehead atoms. The smallest absolute Gasteiger partial charge is 0.254 e. The summed E-state index contributed by atoms with van der Waals surface area (Å²) in [6.45, 7) is 2.35. The molecule has 1 rings (SSSR count). The van der Waals surface area contributed by atoms with Crippen molar-refractivity contribution in [3.05, 3.63) is 0 Å². The molecule has 2 atom stereocenters. The number of nitrogens with two attached hydrogens (primary N) is 1. The van der Waals surface area contributed by atoms with Crippen molar-refractivity contribution in [3.63, 3.8) is 0 Å². The third-order valence-corrected chi connectivity index (χ3v) is 2.58. The molecule has 1 fully saturated rings. The molecule has 0 saturated carbocycles. The Morgan fingerprint density at radius 2 is 2.33 bits per heavy atom. The predicted octanol–water partition coefficient (Wildman–Crippen LogP) is -1.81. The fourth-order valence-corrected chi connectivity index (χ4v) is 1.63. The van der Waals surface area contributed by atoms with Gasteiger partial charge in [-0.05, 0) is 6.92 Å². The number of carbonyl (C=O) groups excluding carboxylic acids is 2. The Kier molecular flexibility index (Phi) is 5.05. The van der Waals surface area contributed by atoms with E-state index in [0.717, 1.165) is 4.90 Å². The van der Waals surface area contributed by atoms with Crippen LogP contribution in [0, 0.1) is 0 Å². The highest BCUT2D eigenvalue weighted by molar-refractivity contribution is 6.06. The van der Waals surface area contributed by atoms with Gasteiger partial charge in [-0.2, -0.15) is 0 Å². The Morgan fingerprint density at radius 1 is 1.67 bits per heavy atom. The van der Waals surface area contributed by atoms with E-state index in [1.165, 1.54) is 7.05 Å². The summed E-state index contributed by atoms with van der Waals surface area (Å²) in [7, 11) is 3.02. The molecule has 102 valence electrons. The first-order valence-corrected chi connectivity index (χ1v) is 5.59. The molecular weight excluding hydrogens is 238 g/mol. The zero-order chi connectivity index (χ0) is 13.7. The van der Waals surface area contributed by atoms with E-state index in [-0.39, 0.29) is 30.2 Å². The number of hydrogen-bond acceptors (Lipinski definition) is 5. The lowest BCUT2D eigenvalue weighted by atomic mass is 10.2.